The molecule has 4 N–H and O–H groups in total. The Balaban J connectivity index is 1.51. The smallest absolute Gasteiger partial charge is 0.261 e. The first-order chi connectivity index (χ1) is 16.0. The molecule has 176 valence electrons. The number of rotatable bonds is 7. The average Bonchev–Trinajstić information content (AvgIpc) is 2.87. The van der Waals surface area contributed by atoms with Crippen LogP contribution in [-0.2, 0) is 9.53 Å². The molecule has 2 saturated heterocycles. The highest BCUT2D eigenvalue weighted by atomic mass is 16.6. The summed E-state index contributed by atoms with van der Waals surface area (Å²) in [6.45, 7) is 4.65. The first-order valence-corrected chi connectivity index (χ1v) is 11.0. The van der Waals surface area contributed by atoms with E-state index in [-0.39, 0.29) is 18.7 Å². The topological polar surface area (TPSA) is 150 Å². The van der Waals surface area contributed by atoms with Crippen LogP contribution in [0, 0.1) is 0 Å². The Morgan fingerprint density at radius 2 is 1.73 bits per heavy atom. The summed E-state index contributed by atoms with van der Waals surface area (Å²) in [6.07, 6.45) is -0.287. The predicted octanol–water partition coefficient (Wildman–Crippen LogP) is -0.0417. The first-order valence-electron chi connectivity index (χ1n) is 11.0. The number of hydroxylamine groups is 1. The maximum absolute atomic E-state index is 12.9. The van der Waals surface area contributed by atoms with Crippen molar-refractivity contribution >= 4 is 23.3 Å². The Morgan fingerprint density at radius 3 is 2.42 bits per heavy atom. The number of carbonyl (C=O) groups excluding carboxylic acids is 2. The first kappa shape index (κ1) is 23.0. The molecule has 0 radical (unpaired) electrons. The fourth-order valence-corrected chi connectivity index (χ4v) is 3.59. The molecule has 1 aromatic carbocycles. The molecule has 33 heavy (non-hydrogen) atoms. The van der Waals surface area contributed by atoms with E-state index in [0.29, 0.717) is 80.7 Å². The molecule has 2 fully saturated rings. The number of ketones is 1. The van der Waals surface area contributed by atoms with E-state index in [1.165, 1.54) is 0 Å². The summed E-state index contributed by atoms with van der Waals surface area (Å²) >= 11 is 0. The Labute approximate surface area is 191 Å². The van der Waals surface area contributed by atoms with Crippen molar-refractivity contribution in [3.05, 3.63) is 30.1 Å². The fourth-order valence-electron chi connectivity index (χ4n) is 3.59. The van der Waals surface area contributed by atoms with Crippen LogP contribution in [0.1, 0.15) is 23.5 Å². The maximum atomic E-state index is 12.9. The van der Waals surface area contributed by atoms with Crippen molar-refractivity contribution in [2.45, 2.75) is 12.8 Å². The van der Waals surface area contributed by atoms with E-state index in [1.807, 2.05) is 4.90 Å². The van der Waals surface area contributed by atoms with Crippen LogP contribution in [0.3, 0.4) is 0 Å². The molecule has 0 aliphatic carbocycles. The van der Waals surface area contributed by atoms with E-state index in [2.05, 4.69) is 20.3 Å². The lowest BCUT2D eigenvalue weighted by molar-refractivity contribution is -0.240. The second-order valence-corrected chi connectivity index (χ2v) is 7.81. The number of anilines is 2. The fraction of sp³-hybridized carbons (Fsp3) is 0.476. The molecule has 12 nitrogen and oxygen atoms in total. The van der Waals surface area contributed by atoms with Gasteiger partial charge in [-0.05, 0) is 24.3 Å². The largest absolute Gasteiger partial charge is 0.399 e. The average molecular weight is 457 g/mol. The second-order valence-electron chi connectivity index (χ2n) is 7.81. The SMILES string of the molecule is Nc1ccc(-c2nc(C(=O)CCC(=O)N(O)N3CCNCC3)nc(N3CCOCC3)n2)cc1. The van der Waals surface area contributed by atoms with Crippen LogP contribution in [-0.4, -0.2) is 94.5 Å². The Morgan fingerprint density at radius 1 is 1.03 bits per heavy atom. The molecule has 0 saturated carbocycles. The number of hydrazine groups is 1. The van der Waals surface area contributed by atoms with E-state index in [9.17, 15) is 14.8 Å². The van der Waals surface area contributed by atoms with Crippen LogP contribution in [0.5, 0.6) is 0 Å². The van der Waals surface area contributed by atoms with Gasteiger partial charge in [-0.1, -0.05) is 0 Å². The molecule has 0 unspecified atom stereocenters. The van der Waals surface area contributed by atoms with Crippen molar-refractivity contribution < 1.29 is 19.5 Å². The third-order valence-corrected chi connectivity index (χ3v) is 5.49. The van der Waals surface area contributed by atoms with Crippen molar-refractivity contribution in [1.82, 2.24) is 30.4 Å². The third kappa shape index (κ3) is 5.79. The van der Waals surface area contributed by atoms with Crippen LogP contribution >= 0.6 is 0 Å². The van der Waals surface area contributed by atoms with Crippen molar-refractivity contribution in [3.63, 3.8) is 0 Å². The predicted molar refractivity (Wildman–Crippen MR) is 119 cm³/mol. The van der Waals surface area contributed by atoms with Gasteiger partial charge in [0.05, 0.1) is 13.2 Å². The number of morpholine rings is 1. The summed E-state index contributed by atoms with van der Waals surface area (Å²) in [6, 6.07) is 7.03. The molecule has 3 heterocycles. The number of nitrogen functional groups attached to an aromatic ring is 1. The van der Waals surface area contributed by atoms with E-state index in [4.69, 9.17) is 10.5 Å². The van der Waals surface area contributed by atoms with Gasteiger partial charge in [0.15, 0.2) is 5.82 Å². The molecular weight excluding hydrogens is 428 g/mol. The Hall–Kier alpha value is -3.19. The van der Waals surface area contributed by atoms with Gasteiger partial charge >= 0.3 is 0 Å². The molecule has 1 aromatic heterocycles. The number of benzene rings is 1. The van der Waals surface area contributed by atoms with E-state index < -0.39 is 11.7 Å². The minimum absolute atomic E-state index is 0.0159. The lowest BCUT2D eigenvalue weighted by Gasteiger charge is -2.32. The number of amides is 1. The minimum Gasteiger partial charge on any atom is -0.399 e. The monoisotopic (exact) mass is 456 g/mol. The van der Waals surface area contributed by atoms with E-state index in [1.54, 1.807) is 29.3 Å². The zero-order chi connectivity index (χ0) is 23.2. The zero-order valence-electron chi connectivity index (χ0n) is 18.3. The summed E-state index contributed by atoms with van der Waals surface area (Å²) in [5, 5.41) is 15.5. The van der Waals surface area contributed by atoms with Gasteiger partial charge in [0, 0.05) is 63.4 Å². The van der Waals surface area contributed by atoms with Gasteiger partial charge in [0.1, 0.15) is 0 Å². The highest BCUT2D eigenvalue weighted by molar-refractivity contribution is 5.95. The standard InChI is InChI=1S/C21H28N8O4/c22-16-3-1-15(2-4-16)19-24-20(26-21(25-19)27-11-13-33-14-12-27)17(30)5-6-18(31)29(32)28-9-7-23-8-10-28/h1-4,23,32H,5-14,22H2. The number of piperazine rings is 1. The van der Waals surface area contributed by atoms with Crippen LogP contribution in [0.15, 0.2) is 24.3 Å². The van der Waals surface area contributed by atoms with E-state index >= 15 is 0 Å². The van der Waals surface area contributed by atoms with Gasteiger partial charge in [-0.2, -0.15) is 15.0 Å². The zero-order valence-corrected chi connectivity index (χ0v) is 18.3. The molecule has 0 atom stereocenters. The number of Topliss-reactive ketones (excluding diaryl/α,β-unsaturated/α-hetero) is 1. The number of nitrogens with one attached hydrogen (secondary N) is 1. The molecule has 2 aromatic rings. The number of nitrogens with zero attached hydrogens (tertiary/aromatic N) is 6. The van der Waals surface area contributed by atoms with Gasteiger partial charge in [0.2, 0.25) is 17.6 Å². The van der Waals surface area contributed by atoms with Crippen molar-refractivity contribution in [3.8, 4) is 11.4 Å². The number of nitrogens with two attached hydrogens (primary N) is 1. The van der Waals surface area contributed by atoms with Crippen LogP contribution in [0.4, 0.5) is 11.6 Å². The van der Waals surface area contributed by atoms with Crippen LogP contribution < -0.4 is 16.0 Å². The number of ether oxygens (including phenoxy) is 1. The highest BCUT2D eigenvalue weighted by Gasteiger charge is 2.24. The lowest BCUT2D eigenvalue weighted by atomic mass is 10.2. The summed E-state index contributed by atoms with van der Waals surface area (Å²) in [4.78, 5) is 40.6. The van der Waals surface area contributed by atoms with Gasteiger partial charge in [-0.25, -0.2) is 4.98 Å². The second kappa shape index (κ2) is 10.6. The Kier molecular flexibility index (Phi) is 7.40. The molecule has 0 bridgehead atoms. The normalized spacial score (nSPS) is 17.1. The summed E-state index contributed by atoms with van der Waals surface area (Å²) in [5.41, 5.74) is 7.09. The van der Waals surface area contributed by atoms with Gasteiger partial charge in [-0.15, -0.1) is 5.17 Å². The number of carbonyl (C=O) groups is 2. The lowest BCUT2D eigenvalue weighted by Crippen LogP contribution is -2.53. The molecule has 4 rings (SSSR count). The van der Waals surface area contributed by atoms with Crippen molar-refractivity contribution in [2.24, 2.45) is 0 Å². The van der Waals surface area contributed by atoms with Gasteiger partial charge in [0.25, 0.3) is 5.91 Å². The molecule has 2 aliphatic heterocycles. The molecule has 1 amide bonds. The number of hydrogen-bond acceptors (Lipinski definition) is 11. The third-order valence-electron chi connectivity index (χ3n) is 5.49. The highest BCUT2D eigenvalue weighted by Crippen LogP contribution is 2.21. The van der Waals surface area contributed by atoms with Gasteiger partial charge < -0.3 is 20.7 Å². The van der Waals surface area contributed by atoms with Gasteiger partial charge in [-0.3, -0.25) is 14.8 Å². The van der Waals surface area contributed by atoms with Crippen LogP contribution in [0.2, 0.25) is 0 Å². The summed E-state index contributed by atoms with van der Waals surface area (Å²) in [7, 11) is 0. The number of hydrogen-bond donors (Lipinski definition) is 3. The minimum atomic E-state index is -0.550. The molecular formula is C21H28N8O4. The van der Waals surface area contributed by atoms with Crippen molar-refractivity contribution in [2.75, 3.05) is 63.1 Å². The molecule has 0 spiro atoms. The Bertz CT molecular complexity index is 975. The van der Waals surface area contributed by atoms with E-state index in [0.717, 1.165) is 0 Å². The quantitative estimate of drug-likeness (QED) is 0.223. The summed E-state index contributed by atoms with van der Waals surface area (Å²) in [5.74, 6) is -0.222. The maximum Gasteiger partial charge on any atom is 0.261 e. The summed E-state index contributed by atoms with van der Waals surface area (Å²) < 4.78 is 5.40. The van der Waals surface area contributed by atoms with Crippen LogP contribution in [0.25, 0.3) is 11.4 Å². The number of aromatic nitrogens is 3. The molecule has 2 aliphatic rings. The molecule has 12 heteroatoms. The van der Waals surface area contributed by atoms with Crippen molar-refractivity contribution in [1.29, 1.82) is 0 Å².